The highest BCUT2D eigenvalue weighted by Gasteiger charge is 2.11. The molecule has 0 spiro atoms. The minimum atomic E-state index is -0.443. The van der Waals surface area contributed by atoms with E-state index in [2.05, 4.69) is 0 Å². The molecule has 76 valence electrons. The van der Waals surface area contributed by atoms with E-state index in [1.165, 1.54) is 6.07 Å². The van der Waals surface area contributed by atoms with Gasteiger partial charge >= 0.3 is 0 Å². The Kier molecular flexibility index (Phi) is 2.25. The zero-order chi connectivity index (χ0) is 10.8. The minimum absolute atomic E-state index is 0.0228. The van der Waals surface area contributed by atoms with Gasteiger partial charge in [0.15, 0.2) is 0 Å². The first-order valence-electron chi connectivity index (χ1n) is 4.50. The molecule has 4 nitrogen and oxygen atoms in total. The summed E-state index contributed by atoms with van der Waals surface area (Å²) < 4.78 is 0. The van der Waals surface area contributed by atoms with Crippen LogP contribution in [0.25, 0.3) is 10.8 Å². The van der Waals surface area contributed by atoms with E-state index in [0.29, 0.717) is 5.56 Å². The van der Waals surface area contributed by atoms with Crippen molar-refractivity contribution in [3.8, 4) is 5.75 Å². The fourth-order valence-corrected chi connectivity index (χ4v) is 1.62. The van der Waals surface area contributed by atoms with Crippen LogP contribution in [0, 0.1) is 10.1 Å². The van der Waals surface area contributed by atoms with E-state index in [9.17, 15) is 15.2 Å². The Morgan fingerprint density at radius 2 is 1.93 bits per heavy atom. The Morgan fingerprint density at radius 1 is 1.20 bits per heavy atom. The molecule has 0 atom stereocenters. The van der Waals surface area contributed by atoms with E-state index in [4.69, 9.17) is 0 Å². The molecule has 0 radical (unpaired) electrons. The highest BCUT2D eigenvalue weighted by molar-refractivity contribution is 5.87. The molecule has 0 aliphatic carbocycles. The molecule has 0 saturated heterocycles. The maximum Gasteiger partial charge on any atom is 0.233 e. The van der Waals surface area contributed by atoms with E-state index in [0.717, 1.165) is 10.8 Å². The number of nitrogens with zero attached hydrogens (tertiary/aromatic N) is 1. The number of aromatic hydroxyl groups is 1. The molecule has 4 heteroatoms. The molecule has 2 aromatic rings. The van der Waals surface area contributed by atoms with Crippen molar-refractivity contribution in [2.24, 2.45) is 0 Å². The van der Waals surface area contributed by atoms with Crippen LogP contribution in [-0.2, 0) is 6.54 Å². The summed E-state index contributed by atoms with van der Waals surface area (Å²) in [5.41, 5.74) is 0.373. The molecule has 0 unspecified atom stereocenters. The SMILES string of the molecule is O=[N+]([O-])Cc1c(O)ccc2ccccc12. The molecule has 0 amide bonds. The highest BCUT2D eigenvalue weighted by atomic mass is 16.6. The van der Waals surface area contributed by atoms with Gasteiger partial charge in [0.2, 0.25) is 6.54 Å². The molecule has 15 heavy (non-hydrogen) atoms. The second-order valence-corrected chi connectivity index (χ2v) is 3.28. The molecule has 0 heterocycles. The number of hydrogen-bond acceptors (Lipinski definition) is 3. The van der Waals surface area contributed by atoms with Crippen LogP contribution in [0.3, 0.4) is 0 Å². The van der Waals surface area contributed by atoms with Gasteiger partial charge in [-0.2, -0.15) is 0 Å². The van der Waals surface area contributed by atoms with Crippen LogP contribution in [0.15, 0.2) is 36.4 Å². The molecule has 2 rings (SSSR count). The molecular formula is C11H9NO3. The zero-order valence-corrected chi connectivity index (χ0v) is 7.88. The lowest BCUT2D eigenvalue weighted by atomic mass is 10.0. The van der Waals surface area contributed by atoms with E-state index < -0.39 is 4.92 Å². The third-order valence-electron chi connectivity index (χ3n) is 2.30. The normalized spacial score (nSPS) is 10.4. The Bertz CT molecular complexity index is 522. The van der Waals surface area contributed by atoms with Gasteiger partial charge in [0.1, 0.15) is 5.75 Å². The van der Waals surface area contributed by atoms with Crippen molar-refractivity contribution < 1.29 is 10.0 Å². The minimum Gasteiger partial charge on any atom is -0.507 e. The first kappa shape index (κ1) is 9.45. The average Bonchev–Trinajstić information content (AvgIpc) is 2.22. The lowest BCUT2D eigenvalue weighted by Crippen LogP contribution is -1.99. The summed E-state index contributed by atoms with van der Waals surface area (Å²) in [4.78, 5) is 10.0. The van der Waals surface area contributed by atoms with Crippen LogP contribution in [-0.4, -0.2) is 10.0 Å². The Labute approximate surface area is 85.9 Å². The third-order valence-corrected chi connectivity index (χ3v) is 2.30. The standard InChI is InChI=1S/C11H9NO3/c13-11-6-5-8-3-1-2-4-9(8)10(11)7-12(14)15/h1-6,13H,7H2. The van der Waals surface area contributed by atoms with Crippen LogP contribution in [0.2, 0.25) is 0 Å². The van der Waals surface area contributed by atoms with Crippen LogP contribution in [0.1, 0.15) is 5.56 Å². The van der Waals surface area contributed by atoms with E-state index >= 15 is 0 Å². The van der Waals surface area contributed by atoms with Crippen molar-refractivity contribution in [3.63, 3.8) is 0 Å². The van der Waals surface area contributed by atoms with Gasteiger partial charge in [0, 0.05) is 4.92 Å². The van der Waals surface area contributed by atoms with Gasteiger partial charge in [-0.3, -0.25) is 10.1 Å². The van der Waals surface area contributed by atoms with Gasteiger partial charge in [0.05, 0.1) is 5.56 Å². The Hall–Kier alpha value is -2.10. The number of phenols is 1. The van der Waals surface area contributed by atoms with Gasteiger partial charge < -0.3 is 5.11 Å². The van der Waals surface area contributed by atoms with E-state index in [1.54, 1.807) is 18.2 Å². The summed E-state index contributed by atoms with van der Waals surface area (Å²) in [5, 5.41) is 21.6. The monoisotopic (exact) mass is 203 g/mol. The predicted molar refractivity (Wildman–Crippen MR) is 56.3 cm³/mol. The zero-order valence-electron chi connectivity index (χ0n) is 7.88. The number of benzene rings is 2. The third kappa shape index (κ3) is 1.74. The molecular weight excluding hydrogens is 194 g/mol. The molecule has 0 bridgehead atoms. The van der Waals surface area contributed by atoms with Crippen LogP contribution < -0.4 is 0 Å². The molecule has 1 N–H and O–H groups in total. The Balaban J connectivity index is 2.68. The number of phenolic OH excluding ortho intramolecular Hbond substituents is 1. The largest absolute Gasteiger partial charge is 0.507 e. The van der Waals surface area contributed by atoms with Gasteiger partial charge in [-0.1, -0.05) is 30.3 Å². The summed E-state index contributed by atoms with van der Waals surface area (Å²) in [6.45, 7) is -0.354. The lowest BCUT2D eigenvalue weighted by Gasteiger charge is -2.04. The first-order chi connectivity index (χ1) is 7.18. The van der Waals surface area contributed by atoms with Gasteiger partial charge in [-0.15, -0.1) is 0 Å². The highest BCUT2D eigenvalue weighted by Crippen LogP contribution is 2.27. The van der Waals surface area contributed by atoms with Gasteiger partial charge in [0.25, 0.3) is 0 Å². The number of rotatable bonds is 2. The summed E-state index contributed by atoms with van der Waals surface area (Å²) >= 11 is 0. The molecule has 2 aromatic carbocycles. The fourth-order valence-electron chi connectivity index (χ4n) is 1.62. The van der Waals surface area contributed by atoms with Crippen molar-refractivity contribution >= 4 is 10.8 Å². The van der Waals surface area contributed by atoms with Crippen LogP contribution >= 0.6 is 0 Å². The summed E-state index contributed by atoms with van der Waals surface area (Å²) in [6.07, 6.45) is 0. The predicted octanol–water partition coefficient (Wildman–Crippen LogP) is 2.32. The maximum atomic E-state index is 10.5. The van der Waals surface area contributed by atoms with Crippen molar-refractivity contribution in [2.75, 3.05) is 0 Å². The van der Waals surface area contributed by atoms with E-state index in [-0.39, 0.29) is 12.3 Å². The molecule has 0 fully saturated rings. The van der Waals surface area contributed by atoms with E-state index in [1.807, 2.05) is 12.1 Å². The second kappa shape index (κ2) is 3.57. The van der Waals surface area contributed by atoms with Gasteiger partial charge in [-0.25, -0.2) is 0 Å². The molecule has 0 aliphatic rings. The number of fused-ring (bicyclic) bond motifs is 1. The quantitative estimate of drug-likeness (QED) is 0.601. The first-order valence-corrected chi connectivity index (χ1v) is 4.50. The lowest BCUT2D eigenvalue weighted by molar-refractivity contribution is -0.496. The van der Waals surface area contributed by atoms with Crippen molar-refractivity contribution in [1.29, 1.82) is 0 Å². The maximum absolute atomic E-state index is 10.5. The molecule has 0 saturated carbocycles. The summed E-state index contributed by atoms with van der Waals surface area (Å²) in [6, 6.07) is 10.5. The average molecular weight is 203 g/mol. The van der Waals surface area contributed by atoms with Crippen LogP contribution in [0.4, 0.5) is 0 Å². The van der Waals surface area contributed by atoms with Crippen LogP contribution in [0.5, 0.6) is 5.75 Å². The van der Waals surface area contributed by atoms with Crippen molar-refractivity contribution in [2.45, 2.75) is 6.54 Å². The number of nitro groups is 1. The molecule has 0 aliphatic heterocycles. The van der Waals surface area contributed by atoms with Crippen molar-refractivity contribution in [3.05, 3.63) is 52.1 Å². The second-order valence-electron chi connectivity index (χ2n) is 3.28. The Morgan fingerprint density at radius 3 is 2.67 bits per heavy atom. The summed E-state index contributed by atoms with van der Waals surface area (Å²) in [5.74, 6) is -0.0228. The fraction of sp³-hybridized carbons (Fsp3) is 0.0909. The smallest absolute Gasteiger partial charge is 0.233 e. The topological polar surface area (TPSA) is 63.4 Å². The summed E-state index contributed by atoms with van der Waals surface area (Å²) in [7, 11) is 0. The van der Waals surface area contributed by atoms with Crippen molar-refractivity contribution in [1.82, 2.24) is 0 Å². The molecule has 0 aromatic heterocycles. The number of hydrogen-bond donors (Lipinski definition) is 1. The van der Waals surface area contributed by atoms with Gasteiger partial charge in [-0.05, 0) is 16.8 Å².